The Hall–Kier alpha value is -3.39. The maximum atomic E-state index is 7.11. The molecule has 38 heavy (non-hydrogen) atoms. The van der Waals surface area contributed by atoms with E-state index in [0.29, 0.717) is 5.92 Å². The molecule has 1 fully saturated rings. The standard InChI is InChI=1S/C36H38NO/c1-22-24-14-9-10-15-26(24)30(21-36(2,3)4)35-32(22)34-33-28(18-19-37(34)5)27-17-11-16-25(23-12-7-6-8-13-23)29(27)20-31(33)38-35/h9-11,14-20,23H,6-8,12-13,21H2,1-5H3/q+1. The van der Waals surface area contributed by atoms with Crippen LogP contribution in [0.25, 0.3) is 43.6 Å². The van der Waals surface area contributed by atoms with Gasteiger partial charge in [0.25, 0.3) is 0 Å². The average molecular weight is 501 g/mol. The fraction of sp³-hybridized carbons (Fsp3) is 0.361. The van der Waals surface area contributed by atoms with Gasteiger partial charge < -0.3 is 4.74 Å². The summed E-state index contributed by atoms with van der Waals surface area (Å²) in [6.45, 7) is 9.26. The van der Waals surface area contributed by atoms with E-state index in [9.17, 15) is 0 Å². The Bertz CT molecular complexity index is 1750. The molecular formula is C36H38NO+. The van der Waals surface area contributed by atoms with Crippen molar-refractivity contribution in [2.24, 2.45) is 12.5 Å². The van der Waals surface area contributed by atoms with Crippen LogP contribution in [0.3, 0.4) is 0 Å². The number of fused-ring (bicyclic) bond motifs is 5. The Morgan fingerprint density at radius 1 is 0.842 bits per heavy atom. The Labute approximate surface area is 226 Å². The van der Waals surface area contributed by atoms with Gasteiger partial charge in [0.05, 0.1) is 10.9 Å². The van der Waals surface area contributed by atoms with Gasteiger partial charge in [0.15, 0.2) is 6.20 Å². The number of hydrogen-bond acceptors (Lipinski definition) is 1. The zero-order valence-corrected chi connectivity index (χ0v) is 23.4. The van der Waals surface area contributed by atoms with Crippen molar-refractivity contribution >= 4 is 32.3 Å². The van der Waals surface area contributed by atoms with Gasteiger partial charge in [-0.15, -0.1) is 0 Å². The molecule has 1 aliphatic heterocycles. The van der Waals surface area contributed by atoms with E-state index in [1.807, 2.05) is 0 Å². The average Bonchev–Trinajstić information content (AvgIpc) is 2.91. The quantitative estimate of drug-likeness (QED) is 0.170. The number of aromatic nitrogens is 1. The zero-order chi connectivity index (χ0) is 26.2. The largest absolute Gasteiger partial charge is 0.455 e. The molecule has 0 N–H and O–H groups in total. The lowest BCUT2D eigenvalue weighted by Gasteiger charge is -2.29. The summed E-state index contributed by atoms with van der Waals surface area (Å²) in [7, 11) is 2.19. The summed E-state index contributed by atoms with van der Waals surface area (Å²) in [6, 6.07) is 20.5. The highest BCUT2D eigenvalue weighted by Crippen LogP contribution is 2.53. The molecule has 0 amide bonds. The van der Waals surface area contributed by atoms with Gasteiger partial charge in [0, 0.05) is 17.0 Å². The van der Waals surface area contributed by atoms with Crippen molar-refractivity contribution in [3.8, 4) is 22.8 Å². The van der Waals surface area contributed by atoms with Crippen molar-refractivity contribution in [1.82, 2.24) is 0 Å². The van der Waals surface area contributed by atoms with E-state index in [2.05, 4.69) is 100 Å². The first kappa shape index (κ1) is 23.7. The van der Waals surface area contributed by atoms with Crippen LogP contribution in [0.5, 0.6) is 11.5 Å². The van der Waals surface area contributed by atoms with Crippen molar-refractivity contribution < 1.29 is 9.30 Å². The molecule has 2 heteroatoms. The topological polar surface area (TPSA) is 13.1 Å². The van der Waals surface area contributed by atoms with Crippen molar-refractivity contribution in [3.63, 3.8) is 0 Å². The summed E-state index contributed by atoms with van der Waals surface area (Å²) in [5.41, 5.74) is 6.82. The van der Waals surface area contributed by atoms with Gasteiger partial charge in [0.2, 0.25) is 5.69 Å². The second-order valence-electron chi connectivity index (χ2n) is 12.9. The molecule has 192 valence electrons. The molecule has 0 saturated heterocycles. The van der Waals surface area contributed by atoms with Gasteiger partial charge in [-0.3, -0.25) is 0 Å². The van der Waals surface area contributed by atoms with E-state index in [4.69, 9.17) is 4.74 Å². The first-order valence-corrected chi connectivity index (χ1v) is 14.4. The smallest absolute Gasteiger partial charge is 0.228 e. The van der Waals surface area contributed by atoms with Crippen LogP contribution in [0.2, 0.25) is 0 Å². The number of nitrogens with zero attached hydrogens (tertiary/aromatic N) is 1. The molecule has 5 aromatic rings. The van der Waals surface area contributed by atoms with Crippen LogP contribution in [0.1, 0.15) is 75.5 Å². The minimum Gasteiger partial charge on any atom is -0.455 e. The van der Waals surface area contributed by atoms with E-state index in [-0.39, 0.29) is 5.41 Å². The predicted octanol–water partition coefficient (Wildman–Crippen LogP) is 9.69. The molecule has 2 heterocycles. The fourth-order valence-corrected chi connectivity index (χ4v) is 7.32. The zero-order valence-electron chi connectivity index (χ0n) is 23.4. The lowest BCUT2D eigenvalue weighted by molar-refractivity contribution is -0.659. The SMILES string of the molecule is Cc1c2c(c(CC(C)(C)C)c3ccccc13)Oc1cc3c(C4CCCCC4)cccc3c3cc[n+](C)c-2c13. The summed E-state index contributed by atoms with van der Waals surface area (Å²) in [5, 5.41) is 7.93. The van der Waals surface area contributed by atoms with Crippen LogP contribution in [0, 0.1) is 12.3 Å². The maximum Gasteiger partial charge on any atom is 0.228 e. The summed E-state index contributed by atoms with van der Waals surface area (Å²) in [6.07, 6.45) is 9.87. The summed E-state index contributed by atoms with van der Waals surface area (Å²) >= 11 is 0. The number of aryl methyl sites for hydroxylation is 2. The summed E-state index contributed by atoms with van der Waals surface area (Å²) < 4.78 is 9.42. The lowest BCUT2D eigenvalue weighted by atomic mass is 9.80. The van der Waals surface area contributed by atoms with Gasteiger partial charge in [0.1, 0.15) is 18.5 Å². The monoisotopic (exact) mass is 500 g/mol. The van der Waals surface area contributed by atoms with Crippen LogP contribution in [-0.2, 0) is 13.5 Å². The first-order valence-electron chi connectivity index (χ1n) is 14.4. The van der Waals surface area contributed by atoms with Crippen LogP contribution in [0.4, 0.5) is 0 Å². The predicted molar refractivity (Wildman–Crippen MR) is 159 cm³/mol. The maximum absolute atomic E-state index is 7.11. The summed E-state index contributed by atoms with van der Waals surface area (Å²) in [4.78, 5) is 0. The molecule has 0 bridgehead atoms. The molecule has 1 aromatic heterocycles. The third-order valence-electron chi connectivity index (χ3n) is 9.01. The highest BCUT2D eigenvalue weighted by atomic mass is 16.5. The van der Waals surface area contributed by atoms with Gasteiger partial charge in [-0.05, 0) is 76.3 Å². The molecule has 1 aliphatic carbocycles. The Morgan fingerprint density at radius 3 is 2.34 bits per heavy atom. The number of hydrogen-bond donors (Lipinski definition) is 0. The van der Waals surface area contributed by atoms with Crippen LogP contribution < -0.4 is 9.30 Å². The van der Waals surface area contributed by atoms with Crippen LogP contribution in [0.15, 0.2) is 60.8 Å². The van der Waals surface area contributed by atoms with Crippen molar-refractivity contribution in [2.75, 3.05) is 0 Å². The molecule has 2 aliphatic rings. The van der Waals surface area contributed by atoms with Gasteiger partial charge in [-0.1, -0.05) is 82.5 Å². The minimum absolute atomic E-state index is 0.140. The number of rotatable bonds is 2. The fourth-order valence-electron chi connectivity index (χ4n) is 7.32. The Morgan fingerprint density at radius 2 is 1.58 bits per heavy atom. The van der Waals surface area contributed by atoms with E-state index < -0.39 is 0 Å². The number of pyridine rings is 1. The van der Waals surface area contributed by atoms with E-state index >= 15 is 0 Å². The van der Waals surface area contributed by atoms with Crippen LogP contribution >= 0.6 is 0 Å². The Kier molecular flexibility index (Phi) is 5.34. The minimum atomic E-state index is 0.140. The van der Waals surface area contributed by atoms with Crippen molar-refractivity contribution in [2.45, 2.75) is 72.1 Å². The van der Waals surface area contributed by atoms with Crippen LogP contribution in [-0.4, -0.2) is 0 Å². The Balaban J connectivity index is 1.59. The van der Waals surface area contributed by atoms with Gasteiger partial charge in [-0.2, -0.15) is 0 Å². The van der Waals surface area contributed by atoms with Crippen molar-refractivity contribution in [3.05, 3.63) is 77.5 Å². The second kappa shape index (κ2) is 8.56. The third kappa shape index (κ3) is 3.56. The van der Waals surface area contributed by atoms with Gasteiger partial charge in [-0.25, -0.2) is 4.57 Å². The second-order valence-corrected chi connectivity index (χ2v) is 12.9. The molecule has 0 atom stereocenters. The van der Waals surface area contributed by atoms with E-state index in [1.54, 1.807) is 0 Å². The molecule has 0 unspecified atom stereocenters. The normalized spacial score (nSPS) is 15.7. The lowest BCUT2D eigenvalue weighted by Crippen LogP contribution is -2.32. The molecule has 2 nitrogen and oxygen atoms in total. The first-order chi connectivity index (χ1) is 18.3. The van der Waals surface area contributed by atoms with Gasteiger partial charge >= 0.3 is 0 Å². The molecule has 0 radical (unpaired) electrons. The molecule has 1 saturated carbocycles. The number of benzene rings is 4. The molecular weight excluding hydrogens is 462 g/mol. The van der Waals surface area contributed by atoms with E-state index in [1.165, 1.54) is 92.4 Å². The van der Waals surface area contributed by atoms with Crippen molar-refractivity contribution in [1.29, 1.82) is 0 Å². The molecule has 4 aromatic carbocycles. The van der Waals surface area contributed by atoms with E-state index in [0.717, 1.165) is 17.9 Å². The number of ether oxygens (including phenoxy) is 1. The summed E-state index contributed by atoms with van der Waals surface area (Å²) in [5.74, 6) is 2.72. The highest BCUT2D eigenvalue weighted by Gasteiger charge is 2.34. The highest BCUT2D eigenvalue weighted by molar-refractivity contribution is 6.16. The third-order valence-corrected chi connectivity index (χ3v) is 9.01. The molecule has 0 spiro atoms. The molecule has 7 rings (SSSR count).